The number of nitro groups is 1. The molecule has 156 valence electrons. The maximum Gasteiger partial charge on any atom is 0.269 e. The number of carbonyl (C=O) groups is 1. The van der Waals surface area contributed by atoms with Gasteiger partial charge in [-0.3, -0.25) is 19.8 Å². The van der Waals surface area contributed by atoms with Crippen LogP contribution in [0.2, 0.25) is 0 Å². The van der Waals surface area contributed by atoms with Crippen LogP contribution in [0.3, 0.4) is 0 Å². The van der Waals surface area contributed by atoms with Gasteiger partial charge in [-0.15, -0.1) is 0 Å². The zero-order valence-corrected chi connectivity index (χ0v) is 17.2. The Morgan fingerprint density at radius 1 is 1.26 bits per heavy atom. The van der Waals surface area contributed by atoms with Crippen molar-refractivity contribution in [1.29, 1.82) is 0 Å². The Morgan fingerprint density at radius 3 is 2.74 bits per heavy atom. The monoisotopic (exact) mass is 435 g/mol. The second-order valence-electron chi connectivity index (χ2n) is 6.52. The third-order valence-electron chi connectivity index (χ3n) is 4.50. The van der Waals surface area contributed by atoms with Crippen LogP contribution in [0.25, 0.3) is 16.3 Å². The molecule has 0 N–H and O–H groups in total. The van der Waals surface area contributed by atoms with Crippen molar-refractivity contribution in [3.8, 4) is 5.75 Å². The van der Waals surface area contributed by atoms with Gasteiger partial charge in [0.25, 0.3) is 11.6 Å². The summed E-state index contributed by atoms with van der Waals surface area (Å²) in [5.74, 6) is 1.04. The number of methoxy groups -OCH3 is 1. The summed E-state index contributed by atoms with van der Waals surface area (Å²) in [5.41, 5.74) is 1.43. The molecule has 2 aromatic heterocycles. The van der Waals surface area contributed by atoms with Crippen LogP contribution in [-0.4, -0.2) is 22.9 Å². The van der Waals surface area contributed by atoms with E-state index >= 15 is 0 Å². The van der Waals surface area contributed by atoms with Crippen LogP contribution in [0.4, 0.5) is 10.8 Å². The first-order chi connectivity index (χ1) is 15.0. The van der Waals surface area contributed by atoms with Crippen LogP contribution in [0.1, 0.15) is 11.3 Å². The van der Waals surface area contributed by atoms with Crippen molar-refractivity contribution >= 4 is 44.4 Å². The Balaban J connectivity index is 1.62. The summed E-state index contributed by atoms with van der Waals surface area (Å²) in [5, 5.41) is 11.3. The first-order valence-electron chi connectivity index (χ1n) is 9.24. The van der Waals surface area contributed by atoms with Crippen molar-refractivity contribution < 1.29 is 18.9 Å². The van der Waals surface area contributed by atoms with Gasteiger partial charge in [0.2, 0.25) is 0 Å². The molecule has 0 fully saturated rings. The third kappa shape index (κ3) is 4.62. The molecule has 4 rings (SSSR count). The van der Waals surface area contributed by atoms with Gasteiger partial charge in [-0.05, 0) is 54.1 Å². The molecule has 4 aromatic rings. The van der Waals surface area contributed by atoms with Crippen molar-refractivity contribution in [2.24, 2.45) is 0 Å². The molecule has 2 aromatic carbocycles. The highest BCUT2D eigenvalue weighted by molar-refractivity contribution is 7.22. The highest BCUT2D eigenvalue weighted by Crippen LogP contribution is 2.32. The molecule has 0 spiro atoms. The topological polar surface area (TPSA) is 98.7 Å². The number of nitrogens with zero attached hydrogens (tertiary/aromatic N) is 3. The molecule has 0 atom stereocenters. The molecule has 0 bridgehead atoms. The number of ether oxygens (including phenoxy) is 1. The van der Waals surface area contributed by atoms with Gasteiger partial charge in [-0.25, -0.2) is 4.98 Å². The summed E-state index contributed by atoms with van der Waals surface area (Å²) in [4.78, 5) is 29.5. The summed E-state index contributed by atoms with van der Waals surface area (Å²) in [7, 11) is 1.60. The molecule has 2 heterocycles. The fourth-order valence-corrected chi connectivity index (χ4v) is 3.90. The van der Waals surface area contributed by atoms with E-state index in [9.17, 15) is 14.9 Å². The maximum atomic E-state index is 13.0. The number of anilines is 1. The van der Waals surface area contributed by atoms with E-state index in [1.807, 2.05) is 18.2 Å². The average Bonchev–Trinajstić information content (AvgIpc) is 3.44. The SMILES string of the molecule is COc1ccc2nc(N(Cc3ccco3)C(=O)/C=C\c3ccc([N+](=O)[O-])cc3)sc2c1. The largest absolute Gasteiger partial charge is 0.497 e. The van der Waals surface area contributed by atoms with E-state index in [-0.39, 0.29) is 18.1 Å². The Hall–Kier alpha value is -3.98. The van der Waals surface area contributed by atoms with Crippen molar-refractivity contribution in [2.75, 3.05) is 12.0 Å². The average molecular weight is 435 g/mol. The summed E-state index contributed by atoms with van der Waals surface area (Å²) in [6.45, 7) is 0.216. The van der Waals surface area contributed by atoms with Gasteiger partial charge in [-0.2, -0.15) is 0 Å². The van der Waals surface area contributed by atoms with Gasteiger partial charge in [-0.1, -0.05) is 11.3 Å². The van der Waals surface area contributed by atoms with Crippen molar-refractivity contribution in [3.63, 3.8) is 0 Å². The lowest BCUT2D eigenvalue weighted by Crippen LogP contribution is -2.28. The molecule has 1 amide bonds. The predicted octanol–water partition coefficient (Wildman–Crippen LogP) is 5.05. The summed E-state index contributed by atoms with van der Waals surface area (Å²) < 4.78 is 11.6. The molecule has 31 heavy (non-hydrogen) atoms. The van der Waals surface area contributed by atoms with Gasteiger partial charge in [0.1, 0.15) is 11.5 Å². The summed E-state index contributed by atoms with van der Waals surface area (Å²) in [6, 6.07) is 15.0. The highest BCUT2D eigenvalue weighted by atomic mass is 32.1. The predicted molar refractivity (Wildman–Crippen MR) is 118 cm³/mol. The first-order valence-corrected chi connectivity index (χ1v) is 10.1. The van der Waals surface area contributed by atoms with E-state index in [0.29, 0.717) is 22.2 Å². The second-order valence-corrected chi connectivity index (χ2v) is 7.52. The van der Waals surface area contributed by atoms with Crippen LogP contribution in [0, 0.1) is 10.1 Å². The Kier molecular flexibility index (Phi) is 5.76. The highest BCUT2D eigenvalue weighted by Gasteiger charge is 2.20. The first kappa shape index (κ1) is 20.3. The third-order valence-corrected chi connectivity index (χ3v) is 5.54. The van der Waals surface area contributed by atoms with E-state index in [0.717, 1.165) is 10.2 Å². The molecule has 0 aliphatic rings. The number of furan rings is 1. The normalized spacial score (nSPS) is 11.1. The van der Waals surface area contributed by atoms with Crippen molar-refractivity contribution in [2.45, 2.75) is 6.54 Å². The number of hydrogen-bond acceptors (Lipinski definition) is 7. The molecular weight excluding hydrogens is 418 g/mol. The molecule has 8 nitrogen and oxygen atoms in total. The number of non-ortho nitro benzene ring substituents is 1. The van der Waals surface area contributed by atoms with E-state index in [1.54, 1.807) is 43.7 Å². The Labute approximate surface area is 181 Å². The van der Waals surface area contributed by atoms with Crippen molar-refractivity contribution in [3.05, 3.63) is 88.4 Å². The lowest BCUT2D eigenvalue weighted by atomic mass is 10.2. The van der Waals surface area contributed by atoms with E-state index in [1.165, 1.54) is 34.4 Å². The van der Waals surface area contributed by atoms with Gasteiger partial charge in [0.05, 0.1) is 35.1 Å². The van der Waals surface area contributed by atoms with E-state index in [2.05, 4.69) is 4.98 Å². The van der Waals surface area contributed by atoms with Gasteiger partial charge in [0.15, 0.2) is 5.13 Å². The van der Waals surface area contributed by atoms with Crippen molar-refractivity contribution in [1.82, 2.24) is 4.98 Å². The number of rotatable bonds is 7. The Morgan fingerprint density at radius 2 is 2.06 bits per heavy atom. The molecule has 0 saturated heterocycles. The van der Waals surface area contributed by atoms with Crippen LogP contribution >= 0.6 is 11.3 Å². The lowest BCUT2D eigenvalue weighted by Gasteiger charge is -2.16. The van der Waals surface area contributed by atoms with Gasteiger partial charge >= 0.3 is 0 Å². The summed E-state index contributed by atoms with van der Waals surface area (Å²) >= 11 is 1.38. The zero-order chi connectivity index (χ0) is 21.8. The van der Waals surface area contributed by atoms with E-state index < -0.39 is 4.92 Å². The number of amides is 1. The quantitative estimate of drug-likeness (QED) is 0.229. The molecular formula is C22H17N3O5S. The smallest absolute Gasteiger partial charge is 0.269 e. The number of nitro benzene ring substituents is 1. The molecule has 0 aliphatic carbocycles. The minimum atomic E-state index is -0.466. The van der Waals surface area contributed by atoms with Crippen LogP contribution in [-0.2, 0) is 11.3 Å². The maximum absolute atomic E-state index is 13.0. The van der Waals surface area contributed by atoms with E-state index in [4.69, 9.17) is 9.15 Å². The van der Waals surface area contributed by atoms with Crippen LogP contribution in [0.5, 0.6) is 5.75 Å². The number of benzene rings is 2. The number of hydrogen-bond donors (Lipinski definition) is 0. The number of thiazole rings is 1. The minimum absolute atomic E-state index is 0.00664. The van der Waals surface area contributed by atoms with Gasteiger partial charge in [0, 0.05) is 18.2 Å². The number of fused-ring (bicyclic) bond motifs is 1. The lowest BCUT2D eigenvalue weighted by molar-refractivity contribution is -0.384. The van der Waals surface area contributed by atoms with Crippen LogP contribution < -0.4 is 9.64 Å². The molecule has 0 unspecified atom stereocenters. The molecule has 0 aliphatic heterocycles. The molecule has 9 heteroatoms. The number of aromatic nitrogens is 1. The Bertz CT molecular complexity index is 1250. The fraction of sp³-hybridized carbons (Fsp3) is 0.0909. The standard InChI is InChI=1S/C22H17N3O5S/c1-29-17-9-10-19-20(13-17)31-22(23-19)24(14-18-3-2-12-30-18)21(26)11-6-15-4-7-16(8-5-15)25(27)28/h2-13H,14H2,1H3/b11-6-. The van der Waals surface area contributed by atoms with Crippen LogP contribution in [0.15, 0.2) is 71.4 Å². The van der Waals surface area contributed by atoms with Gasteiger partial charge < -0.3 is 9.15 Å². The summed E-state index contributed by atoms with van der Waals surface area (Å²) in [6.07, 6.45) is 4.57. The minimum Gasteiger partial charge on any atom is -0.497 e. The fourth-order valence-electron chi connectivity index (χ4n) is 2.90. The molecule has 0 radical (unpaired) electrons. The molecule has 0 saturated carbocycles. The zero-order valence-electron chi connectivity index (χ0n) is 16.4. The second kappa shape index (κ2) is 8.80. The number of carbonyl (C=O) groups excluding carboxylic acids is 1.